The average molecular weight is 764 g/mol. The Kier molecular flexibility index (Phi) is 7.96. The molecule has 0 atom stereocenters. The van der Waals surface area contributed by atoms with Gasteiger partial charge in [0.1, 0.15) is 0 Å². The maximum Gasteiger partial charge on any atom is 0.0714 e. The minimum atomic E-state index is -0.505. The highest BCUT2D eigenvalue weighted by Gasteiger charge is 2.45. The van der Waals surface area contributed by atoms with Crippen LogP contribution < -0.4 is 4.90 Å². The summed E-state index contributed by atoms with van der Waals surface area (Å²) in [6.45, 7) is 0. The number of anilines is 3. The van der Waals surface area contributed by atoms with Crippen LogP contribution in [0.1, 0.15) is 39.8 Å². The molecule has 0 saturated heterocycles. The van der Waals surface area contributed by atoms with Crippen LogP contribution in [0, 0.1) is 0 Å². The lowest BCUT2D eigenvalue weighted by molar-refractivity contribution is 0.771. The Bertz CT molecular complexity index is 3230. The first-order valence-electron chi connectivity index (χ1n) is 21.1. The van der Waals surface area contributed by atoms with E-state index in [1.165, 1.54) is 88.0 Å². The molecule has 10 aromatic carbocycles. The Morgan fingerprint density at radius 2 is 0.967 bits per heavy atom. The zero-order chi connectivity index (χ0) is 39.6. The smallest absolute Gasteiger partial charge is 0.0714 e. The van der Waals surface area contributed by atoms with Crippen LogP contribution in [-0.4, -0.2) is 0 Å². The lowest BCUT2D eigenvalue weighted by Gasteiger charge is -2.35. The largest absolute Gasteiger partial charge is 0.310 e. The van der Waals surface area contributed by atoms with Gasteiger partial charge in [0.15, 0.2) is 0 Å². The van der Waals surface area contributed by atoms with Gasteiger partial charge in [0.2, 0.25) is 0 Å². The molecule has 60 heavy (non-hydrogen) atoms. The second kappa shape index (κ2) is 13.8. The zero-order valence-electron chi connectivity index (χ0n) is 33.2. The van der Waals surface area contributed by atoms with Crippen molar-refractivity contribution in [3.05, 3.63) is 252 Å². The molecule has 10 aromatic rings. The van der Waals surface area contributed by atoms with Gasteiger partial charge in [-0.05, 0) is 137 Å². The highest BCUT2D eigenvalue weighted by Crippen LogP contribution is 2.56. The van der Waals surface area contributed by atoms with Crippen LogP contribution in [0.5, 0.6) is 0 Å². The third-order valence-electron chi connectivity index (χ3n) is 13.2. The molecule has 282 valence electrons. The summed E-state index contributed by atoms with van der Waals surface area (Å²) in [4.78, 5) is 2.44. The summed E-state index contributed by atoms with van der Waals surface area (Å²) in [6.07, 6.45) is 6.72. The predicted molar refractivity (Wildman–Crippen MR) is 254 cm³/mol. The summed E-state index contributed by atoms with van der Waals surface area (Å²) in [5.74, 6) is 0. The Morgan fingerprint density at radius 3 is 1.70 bits per heavy atom. The van der Waals surface area contributed by atoms with Crippen molar-refractivity contribution in [1.82, 2.24) is 0 Å². The van der Waals surface area contributed by atoms with Gasteiger partial charge in [0.05, 0.1) is 5.41 Å². The van der Waals surface area contributed by atoms with Crippen LogP contribution in [0.2, 0.25) is 0 Å². The summed E-state index contributed by atoms with van der Waals surface area (Å²) < 4.78 is 0. The molecule has 0 heterocycles. The van der Waals surface area contributed by atoms with Crippen molar-refractivity contribution < 1.29 is 0 Å². The van der Waals surface area contributed by atoms with E-state index < -0.39 is 5.41 Å². The molecule has 0 radical (unpaired) electrons. The fourth-order valence-corrected chi connectivity index (χ4v) is 10.5. The van der Waals surface area contributed by atoms with Crippen molar-refractivity contribution in [1.29, 1.82) is 0 Å². The van der Waals surface area contributed by atoms with Crippen LogP contribution in [0.4, 0.5) is 17.1 Å². The Hall–Kier alpha value is -7.48. The van der Waals surface area contributed by atoms with Gasteiger partial charge in [-0.3, -0.25) is 0 Å². The number of rotatable bonds is 7. The first kappa shape index (κ1) is 34.6. The molecule has 1 nitrogen and oxygen atoms in total. The fraction of sp³-hybridized carbons (Fsp3) is 0.0508. The Balaban J connectivity index is 1.05. The average Bonchev–Trinajstić information content (AvgIpc) is 3.64. The summed E-state index contributed by atoms with van der Waals surface area (Å²) >= 11 is 0. The second-order valence-electron chi connectivity index (χ2n) is 16.3. The number of allylic oxidation sites excluding steroid dienone is 1. The third-order valence-corrected chi connectivity index (χ3v) is 13.2. The Labute approximate surface area is 351 Å². The molecule has 0 aliphatic heterocycles. The molecular formula is C59H41N. The monoisotopic (exact) mass is 763 g/mol. The second-order valence-corrected chi connectivity index (χ2v) is 16.3. The molecule has 1 heteroatoms. The van der Waals surface area contributed by atoms with E-state index in [2.05, 4.69) is 229 Å². The molecule has 0 saturated carbocycles. The molecule has 0 N–H and O–H groups in total. The maximum atomic E-state index is 2.45. The van der Waals surface area contributed by atoms with Crippen molar-refractivity contribution in [2.24, 2.45) is 0 Å². The van der Waals surface area contributed by atoms with Crippen molar-refractivity contribution >= 4 is 55.5 Å². The first-order chi connectivity index (χ1) is 29.8. The van der Waals surface area contributed by atoms with E-state index >= 15 is 0 Å². The molecule has 12 rings (SSSR count). The molecular weight excluding hydrogens is 723 g/mol. The van der Waals surface area contributed by atoms with Gasteiger partial charge in [-0.1, -0.05) is 188 Å². The molecule has 0 spiro atoms. The van der Waals surface area contributed by atoms with Crippen molar-refractivity contribution in [2.45, 2.75) is 18.3 Å². The van der Waals surface area contributed by atoms with Crippen LogP contribution in [0.25, 0.3) is 60.6 Å². The van der Waals surface area contributed by atoms with Crippen molar-refractivity contribution in [3.63, 3.8) is 0 Å². The number of hydrogen-bond acceptors (Lipinski definition) is 1. The lowest BCUT2D eigenvalue weighted by Crippen LogP contribution is -2.29. The summed E-state index contributed by atoms with van der Waals surface area (Å²) in [5.41, 5.74) is 15.8. The molecule has 0 unspecified atom stereocenters. The Morgan fingerprint density at radius 1 is 0.400 bits per heavy atom. The van der Waals surface area contributed by atoms with E-state index in [9.17, 15) is 0 Å². The molecule has 0 fully saturated rings. The molecule has 0 amide bonds. The number of fused-ring (bicyclic) bond motifs is 2. The van der Waals surface area contributed by atoms with E-state index in [0.717, 1.165) is 29.9 Å². The highest BCUT2D eigenvalue weighted by molar-refractivity contribution is 6.16. The summed E-state index contributed by atoms with van der Waals surface area (Å²) in [7, 11) is 0. The maximum absolute atomic E-state index is 2.45. The van der Waals surface area contributed by atoms with Gasteiger partial charge in [0, 0.05) is 17.1 Å². The minimum absolute atomic E-state index is 0.505. The van der Waals surface area contributed by atoms with Crippen molar-refractivity contribution in [2.75, 3.05) is 4.90 Å². The van der Waals surface area contributed by atoms with E-state index in [4.69, 9.17) is 0 Å². The molecule has 2 aliphatic carbocycles. The van der Waals surface area contributed by atoms with Gasteiger partial charge >= 0.3 is 0 Å². The van der Waals surface area contributed by atoms with Gasteiger partial charge in [-0.15, -0.1) is 0 Å². The molecule has 2 aliphatic rings. The normalized spacial score (nSPS) is 13.6. The number of nitrogens with zero attached hydrogens (tertiary/aromatic N) is 1. The van der Waals surface area contributed by atoms with Gasteiger partial charge in [0.25, 0.3) is 0 Å². The van der Waals surface area contributed by atoms with Crippen LogP contribution in [-0.2, 0) is 11.8 Å². The summed E-state index contributed by atoms with van der Waals surface area (Å²) in [6, 6.07) is 79.1. The number of benzene rings is 10. The standard InChI is InChI=1S/C59H41N/c1-2-19-46(20-3-1)59(55-27-10-17-44-29-30-45-18-11-28-56(59)58(45)57(44)55)47-21-12-22-50(39-47)60(48-35-31-42(32-36-48)53-25-8-15-40-13-4-6-23-51(40)53)49-37-33-43(34-38-49)54-26-9-16-41-14-5-7-24-52(41)54/h1-6,8-23,25-39H,7,24H2. The SMILES string of the molecule is C1=Cc2cccc(-c3ccc(N(c4ccc(-c5cccc6ccccc56)cc4)c4cccc(C5(c6ccccc6)c6cccc7ccc8cccc5c8c67)c4)cc3)c2CC1. The van der Waals surface area contributed by atoms with Crippen molar-refractivity contribution in [3.8, 4) is 22.3 Å². The summed E-state index contributed by atoms with van der Waals surface area (Å²) in [5, 5.41) is 7.79. The highest BCUT2D eigenvalue weighted by atomic mass is 15.1. The molecule has 0 aromatic heterocycles. The van der Waals surface area contributed by atoms with Gasteiger partial charge < -0.3 is 4.90 Å². The molecule has 0 bridgehead atoms. The topological polar surface area (TPSA) is 3.24 Å². The lowest BCUT2D eigenvalue weighted by atomic mass is 9.67. The van der Waals surface area contributed by atoms with Crippen LogP contribution >= 0.6 is 0 Å². The quantitative estimate of drug-likeness (QED) is 0.146. The first-order valence-corrected chi connectivity index (χ1v) is 21.1. The van der Waals surface area contributed by atoms with E-state index in [1.807, 2.05) is 0 Å². The van der Waals surface area contributed by atoms with Gasteiger partial charge in [-0.2, -0.15) is 0 Å². The van der Waals surface area contributed by atoms with E-state index in [1.54, 1.807) is 0 Å². The van der Waals surface area contributed by atoms with E-state index in [0.29, 0.717) is 0 Å². The zero-order valence-corrected chi connectivity index (χ0v) is 33.2. The van der Waals surface area contributed by atoms with Crippen LogP contribution in [0.15, 0.2) is 218 Å². The van der Waals surface area contributed by atoms with Crippen LogP contribution in [0.3, 0.4) is 0 Å². The fourth-order valence-electron chi connectivity index (χ4n) is 10.5. The van der Waals surface area contributed by atoms with Gasteiger partial charge in [-0.25, -0.2) is 0 Å². The minimum Gasteiger partial charge on any atom is -0.310 e. The third kappa shape index (κ3) is 5.26. The number of hydrogen-bond donors (Lipinski definition) is 0. The van der Waals surface area contributed by atoms with E-state index in [-0.39, 0.29) is 0 Å². The predicted octanol–water partition coefficient (Wildman–Crippen LogP) is 15.6.